The molecule has 4 nitrogen and oxygen atoms in total. The van der Waals surface area contributed by atoms with Crippen molar-refractivity contribution in [1.82, 2.24) is 0 Å². The van der Waals surface area contributed by atoms with Crippen molar-refractivity contribution in [2.45, 2.75) is 33.1 Å². The van der Waals surface area contributed by atoms with Crippen molar-refractivity contribution < 1.29 is 19.1 Å². The van der Waals surface area contributed by atoms with Crippen molar-refractivity contribution in [3.63, 3.8) is 0 Å². The molecule has 0 bridgehead atoms. The third kappa shape index (κ3) is 6.73. The molecule has 0 heterocycles. The molecule has 0 amide bonds. The van der Waals surface area contributed by atoms with Gasteiger partial charge in [0, 0.05) is 23.5 Å². The number of carbonyl (C=O) groups excluding carboxylic acids is 2. The monoisotopic (exact) mass is 386 g/mol. The van der Waals surface area contributed by atoms with Gasteiger partial charge in [0.05, 0.1) is 5.41 Å². The number of alkyl halides is 2. The maximum atomic E-state index is 11.4. The van der Waals surface area contributed by atoms with E-state index in [1.54, 1.807) is 6.92 Å². The van der Waals surface area contributed by atoms with Crippen LogP contribution in [0.25, 0.3) is 0 Å². The molecule has 0 unspecified atom stereocenters. The number of ether oxygens (including phenoxy) is 2. The summed E-state index contributed by atoms with van der Waals surface area (Å²) < 4.78 is 10.3. The third-order valence-electron chi connectivity index (χ3n) is 2.39. The van der Waals surface area contributed by atoms with Crippen LogP contribution in [0.4, 0.5) is 0 Å². The first-order valence-corrected chi connectivity index (χ1v) is 8.21. The van der Waals surface area contributed by atoms with Gasteiger partial charge >= 0.3 is 11.9 Å². The molecule has 0 aromatic rings. The number of rotatable bonds is 9. The van der Waals surface area contributed by atoms with Crippen LogP contribution in [0.2, 0.25) is 0 Å². The number of hydrogen-bond acceptors (Lipinski definition) is 4. The summed E-state index contributed by atoms with van der Waals surface area (Å²) in [7, 11) is 0. The van der Waals surface area contributed by atoms with Gasteiger partial charge < -0.3 is 9.47 Å². The number of hydrogen-bond donors (Lipinski definition) is 0. The second-order valence-electron chi connectivity index (χ2n) is 4.19. The van der Waals surface area contributed by atoms with E-state index in [2.05, 4.69) is 31.9 Å². The highest BCUT2D eigenvalue weighted by Gasteiger charge is 2.31. The molecule has 0 aliphatic heterocycles. The van der Waals surface area contributed by atoms with E-state index in [-0.39, 0.29) is 25.2 Å². The number of esters is 2. The minimum absolute atomic E-state index is 0.217. The first-order valence-electron chi connectivity index (χ1n) is 5.96. The molecule has 0 saturated heterocycles. The Morgan fingerprint density at radius 1 is 1.00 bits per heavy atom. The van der Waals surface area contributed by atoms with Crippen molar-refractivity contribution in [3.8, 4) is 0 Å². The van der Waals surface area contributed by atoms with Gasteiger partial charge in [0.15, 0.2) is 0 Å². The topological polar surface area (TPSA) is 52.6 Å². The largest absolute Gasteiger partial charge is 0.465 e. The molecule has 6 heteroatoms. The van der Waals surface area contributed by atoms with Crippen molar-refractivity contribution in [2.75, 3.05) is 23.9 Å². The van der Waals surface area contributed by atoms with E-state index in [0.717, 1.165) is 6.42 Å². The van der Waals surface area contributed by atoms with Crippen LogP contribution in [-0.4, -0.2) is 35.8 Å². The molecule has 0 aliphatic carbocycles. The van der Waals surface area contributed by atoms with E-state index in [9.17, 15) is 9.59 Å². The lowest BCUT2D eigenvalue weighted by Gasteiger charge is -2.28. The van der Waals surface area contributed by atoms with Gasteiger partial charge in [0.2, 0.25) is 0 Å². The fourth-order valence-corrected chi connectivity index (χ4v) is 2.65. The summed E-state index contributed by atoms with van der Waals surface area (Å²) in [6.45, 7) is 4.13. The van der Waals surface area contributed by atoms with Gasteiger partial charge in [-0.25, -0.2) is 0 Å². The summed E-state index contributed by atoms with van der Waals surface area (Å²) in [5.41, 5.74) is -0.409. The molecule has 106 valence electrons. The fraction of sp³-hybridized carbons (Fsp3) is 0.833. The zero-order valence-corrected chi connectivity index (χ0v) is 14.0. The molecule has 0 radical (unpaired) electrons. The summed E-state index contributed by atoms with van der Waals surface area (Å²) in [6.07, 6.45) is 1.52. The number of halogens is 2. The van der Waals surface area contributed by atoms with Crippen LogP contribution in [0.5, 0.6) is 0 Å². The second-order valence-corrected chi connectivity index (χ2v) is 5.31. The molecule has 0 spiro atoms. The van der Waals surface area contributed by atoms with Crippen molar-refractivity contribution >= 4 is 43.8 Å². The zero-order chi connectivity index (χ0) is 14.0. The third-order valence-corrected chi connectivity index (χ3v) is 4.77. The highest BCUT2D eigenvalue weighted by Crippen LogP contribution is 2.25. The van der Waals surface area contributed by atoms with E-state index < -0.39 is 5.41 Å². The Labute approximate surface area is 125 Å². The van der Waals surface area contributed by atoms with Gasteiger partial charge in [-0.15, -0.1) is 0 Å². The lowest BCUT2D eigenvalue weighted by atomic mass is 9.96. The second kappa shape index (κ2) is 9.78. The van der Waals surface area contributed by atoms with Crippen molar-refractivity contribution in [1.29, 1.82) is 0 Å². The van der Waals surface area contributed by atoms with Crippen LogP contribution >= 0.6 is 31.9 Å². The van der Waals surface area contributed by atoms with Crippen LogP contribution in [0, 0.1) is 5.41 Å². The highest BCUT2D eigenvalue weighted by molar-refractivity contribution is 9.09. The smallest absolute Gasteiger partial charge is 0.305 e. The zero-order valence-electron chi connectivity index (χ0n) is 10.8. The van der Waals surface area contributed by atoms with Gasteiger partial charge in [-0.1, -0.05) is 45.7 Å². The quantitative estimate of drug-likeness (QED) is 0.450. The Balaban J connectivity index is 4.32. The van der Waals surface area contributed by atoms with Gasteiger partial charge in [0.25, 0.3) is 0 Å². The molecule has 0 aromatic heterocycles. The Morgan fingerprint density at radius 2 is 1.50 bits per heavy atom. The minimum Gasteiger partial charge on any atom is -0.465 e. The van der Waals surface area contributed by atoms with Crippen LogP contribution in [0.3, 0.4) is 0 Å². The number of carbonyl (C=O) groups is 2. The Bertz CT molecular complexity index is 265. The molecule has 0 N–H and O–H groups in total. The summed E-state index contributed by atoms with van der Waals surface area (Å²) in [4.78, 5) is 22.5. The molecule has 0 aromatic carbocycles. The van der Waals surface area contributed by atoms with Crippen molar-refractivity contribution in [2.24, 2.45) is 5.41 Å². The van der Waals surface area contributed by atoms with E-state index >= 15 is 0 Å². The summed E-state index contributed by atoms with van der Waals surface area (Å²) >= 11 is 6.76. The molecule has 0 fully saturated rings. The van der Waals surface area contributed by atoms with E-state index in [1.807, 2.05) is 6.92 Å². The Kier molecular flexibility index (Phi) is 9.73. The lowest BCUT2D eigenvalue weighted by Crippen LogP contribution is -2.37. The molecule has 18 heavy (non-hydrogen) atoms. The molecule has 0 rings (SSSR count). The van der Waals surface area contributed by atoms with Crippen LogP contribution in [-0.2, 0) is 19.1 Å². The van der Waals surface area contributed by atoms with E-state index in [1.165, 1.54) is 0 Å². The Hall–Kier alpha value is -0.100. The lowest BCUT2D eigenvalue weighted by molar-refractivity contribution is -0.151. The average Bonchev–Trinajstić information content (AvgIpc) is 2.39. The van der Waals surface area contributed by atoms with Crippen LogP contribution in [0.1, 0.15) is 33.1 Å². The summed E-state index contributed by atoms with van der Waals surface area (Å²) in [5, 5.41) is 1.17. The summed E-state index contributed by atoms with van der Waals surface area (Å²) in [5.74, 6) is -0.466. The molecule has 0 saturated carbocycles. The van der Waals surface area contributed by atoms with Crippen LogP contribution in [0.15, 0.2) is 0 Å². The Morgan fingerprint density at radius 3 is 1.89 bits per heavy atom. The molecular weight excluding hydrogens is 368 g/mol. The van der Waals surface area contributed by atoms with Gasteiger partial charge in [-0.2, -0.15) is 0 Å². The molecule has 0 aliphatic rings. The fourth-order valence-electron chi connectivity index (χ4n) is 1.08. The van der Waals surface area contributed by atoms with E-state index in [0.29, 0.717) is 23.5 Å². The molecule has 0 atom stereocenters. The molecular formula is C12H20Br2O4. The van der Waals surface area contributed by atoms with Gasteiger partial charge in [-0.05, 0) is 6.42 Å². The first-order chi connectivity index (χ1) is 8.53. The van der Waals surface area contributed by atoms with Crippen LogP contribution < -0.4 is 0 Å². The maximum Gasteiger partial charge on any atom is 0.305 e. The SMILES string of the molecule is CCCC(=O)OCC(CBr)(CBr)COC(=O)CC. The van der Waals surface area contributed by atoms with E-state index in [4.69, 9.17) is 9.47 Å². The van der Waals surface area contributed by atoms with Crippen molar-refractivity contribution in [3.05, 3.63) is 0 Å². The van der Waals surface area contributed by atoms with Gasteiger partial charge in [-0.3, -0.25) is 9.59 Å². The predicted molar refractivity (Wildman–Crippen MR) is 77.1 cm³/mol. The first kappa shape index (κ1) is 17.9. The maximum absolute atomic E-state index is 11.4. The predicted octanol–water partition coefficient (Wildman–Crippen LogP) is 3.06. The standard InChI is InChI=1S/C12H20Br2O4/c1-3-5-11(16)18-9-12(6-13,7-14)8-17-10(15)4-2/h3-9H2,1-2H3. The summed E-state index contributed by atoms with van der Waals surface area (Å²) in [6, 6.07) is 0. The average molecular weight is 388 g/mol. The van der Waals surface area contributed by atoms with Gasteiger partial charge in [0.1, 0.15) is 13.2 Å². The normalized spacial score (nSPS) is 11.1. The minimum atomic E-state index is -0.409. The highest BCUT2D eigenvalue weighted by atomic mass is 79.9.